The molecule has 0 fully saturated rings. The van der Waals surface area contributed by atoms with E-state index in [1.54, 1.807) is 0 Å². The summed E-state index contributed by atoms with van der Waals surface area (Å²) in [6, 6.07) is 17.9. The molecule has 0 spiro atoms. The first-order valence-corrected chi connectivity index (χ1v) is 8.57. The minimum absolute atomic E-state index is 0.113. The minimum Gasteiger partial charge on any atom is -0.373 e. The highest BCUT2D eigenvalue weighted by molar-refractivity contribution is 7.21. The predicted molar refractivity (Wildman–Crippen MR) is 98.9 cm³/mol. The summed E-state index contributed by atoms with van der Waals surface area (Å²) in [5, 5.41) is 4.42. The van der Waals surface area contributed by atoms with Crippen LogP contribution in [0, 0.1) is 0 Å². The van der Waals surface area contributed by atoms with Gasteiger partial charge >= 0.3 is 0 Å². The zero-order valence-electron chi connectivity index (χ0n) is 12.8. The summed E-state index contributed by atoms with van der Waals surface area (Å²) >= 11 is 7.76. The number of likely N-dealkylation sites (N-methyl/N-ethyl adjacent to an activating group) is 1. The fraction of sp³-hybridized carbons (Fsp3) is 0.167. The fourth-order valence-electron chi connectivity index (χ4n) is 2.39. The number of hydrogen-bond acceptors (Lipinski definition) is 3. The first-order valence-electron chi connectivity index (χ1n) is 7.38. The van der Waals surface area contributed by atoms with Gasteiger partial charge in [0.2, 0.25) is 0 Å². The Kier molecular flexibility index (Phi) is 4.84. The fourth-order valence-corrected chi connectivity index (χ4v) is 3.82. The van der Waals surface area contributed by atoms with Crippen LogP contribution in [-0.4, -0.2) is 26.0 Å². The molecule has 0 aliphatic rings. The number of halogens is 1. The van der Waals surface area contributed by atoms with Crippen LogP contribution in [0.3, 0.4) is 0 Å². The van der Waals surface area contributed by atoms with Crippen molar-refractivity contribution in [1.82, 2.24) is 5.32 Å². The third-order valence-electron chi connectivity index (χ3n) is 3.67. The summed E-state index contributed by atoms with van der Waals surface area (Å²) < 4.78 is 1.03. The predicted octanol–water partition coefficient (Wildman–Crippen LogP) is 4.42. The van der Waals surface area contributed by atoms with Gasteiger partial charge in [-0.2, -0.15) is 0 Å². The van der Waals surface area contributed by atoms with Crippen molar-refractivity contribution in [2.45, 2.75) is 0 Å². The van der Waals surface area contributed by atoms with Crippen molar-refractivity contribution in [3.8, 4) is 0 Å². The number of nitrogens with zero attached hydrogens (tertiary/aromatic N) is 1. The minimum atomic E-state index is -0.113. The number of anilines is 1. The molecular weight excluding hydrogens is 328 g/mol. The number of thiophene rings is 1. The zero-order chi connectivity index (χ0) is 16.2. The molecule has 1 heterocycles. The van der Waals surface area contributed by atoms with Crippen LogP contribution >= 0.6 is 22.9 Å². The normalized spacial score (nSPS) is 10.7. The number of carbonyl (C=O) groups is 1. The number of rotatable bonds is 5. The van der Waals surface area contributed by atoms with Crippen molar-refractivity contribution >= 4 is 44.6 Å². The molecule has 1 amide bonds. The Balaban J connectivity index is 1.62. The van der Waals surface area contributed by atoms with Gasteiger partial charge in [0.15, 0.2) is 0 Å². The molecule has 0 saturated heterocycles. The molecule has 0 bridgehead atoms. The third-order valence-corrected chi connectivity index (χ3v) is 5.35. The van der Waals surface area contributed by atoms with Crippen molar-refractivity contribution in [2.75, 3.05) is 25.0 Å². The summed E-state index contributed by atoms with van der Waals surface area (Å²) in [5.74, 6) is -0.113. The number of benzene rings is 2. The topological polar surface area (TPSA) is 32.3 Å². The van der Waals surface area contributed by atoms with Crippen LogP contribution in [0.25, 0.3) is 10.1 Å². The number of amides is 1. The van der Waals surface area contributed by atoms with Crippen molar-refractivity contribution < 1.29 is 4.79 Å². The van der Waals surface area contributed by atoms with Gasteiger partial charge in [-0.15, -0.1) is 11.3 Å². The third kappa shape index (κ3) is 3.49. The van der Waals surface area contributed by atoms with E-state index in [0.29, 0.717) is 16.4 Å². The molecule has 23 heavy (non-hydrogen) atoms. The Morgan fingerprint density at radius 3 is 2.57 bits per heavy atom. The first-order chi connectivity index (χ1) is 11.2. The van der Waals surface area contributed by atoms with Crippen LogP contribution in [0.1, 0.15) is 9.67 Å². The van der Waals surface area contributed by atoms with Gasteiger partial charge in [-0.25, -0.2) is 0 Å². The number of hydrogen-bond donors (Lipinski definition) is 1. The summed E-state index contributed by atoms with van der Waals surface area (Å²) in [6.45, 7) is 1.30. The maximum absolute atomic E-state index is 12.3. The Bertz CT molecular complexity index is 816. The van der Waals surface area contributed by atoms with E-state index in [1.807, 2.05) is 61.6 Å². The quantitative estimate of drug-likeness (QED) is 0.743. The van der Waals surface area contributed by atoms with Gasteiger partial charge in [-0.3, -0.25) is 4.79 Å². The Morgan fingerprint density at radius 1 is 1.13 bits per heavy atom. The molecular formula is C18H17ClN2OS. The molecule has 0 atom stereocenters. The lowest BCUT2D eigenvalue weighted by molar-refractivity contribution is 0.0959. The molecule has 0 radical (unpaired) electrons. The van der Waals surface area contributed by atoms with E-state index in [0.717, 1.165) is 22.3 Å². The zero-order valence-corrected chi connectivity index (χ0v) is 14.3. The van der Waals surface area contributed by atoms with Gasteiger partial charge in [0.1, 0.15) is 4.88 Å². The van der Waals surface area contributed by atoms with Crippen LogP contribution < -0.4 is 10.2 Å². The highest BCUT2D eigenvalue weighted by atomic mass is 35.5. The Morgan fingerprint density at radius 2 is 1.83 bits per heavy atom. The molecule has 1 N–H and O–H groups in total. The van der Waals surface area contributed by atoms with Crippen LogP contribution in [0.4, 0.5) is 5.69 Å². The Labute approximate surface area is 144 Å². The van der Waals surface area contributed by atoms with E-state index in [2.05, 4.69) is 10.2 Å². The summed E-state index contributed by atoms with van der Waals surface area (Å²) in [7, 11) is 2.01. The van der Waals surface area contributed by atoms with E-state index >= 15 is 0 Å². The van der Waals surface area contributed by atoms with Crippen molar-refractivity contribution in [2.24, 2.45) is 0 Å². The van der Waals surface area contributed by atoms with Gasteiger partial charge < -0.3 is 10.2 Å². The molecule has 3 nitrogen and oxygen atoms in total. The van der Waals surface area contributed by atoms with Gasteiger partial charge in [0.05, 0.1) is 5.02 Å². The molecule has 0 aliphatic heterocycles. The lowest BCUT2D eigenvalue weighted by atomic mass is 10.2. The average molecular weight is 345 g/mol. The Hall–Kier alpha value is -2.04. The smallest absolute Gasteiger partial charge is 0.262 e. The second-order valence-electron chi connectivity index (χ2n) is 5.25. The lowest BCUT2D eigenvalue weighted by Crippen LogP contribution is -2.32. The SMILES string of the molecule is CN(CCNC(=O)c1sc2ccccc2c1Cl)c1ccccc1. The van der Waals surface area contributed by atoms with Crippen LogP contribution in [0.2, 0.25) is 5.02 Å². The van der Waals surface area contributed by atoms with E-state index in [1.165, 1.54) is 11.3 Å². The number of para-hydroxylation sites is 1. The largest absolute Gasteiger partial charge is 0.373 e. The van der Waals surface area contributed by atoms with Gasteiger partial charge in [0, 0.05) is 35.9 Å². The highest BCUT2D eigenvalue weighted by Gasteiger charge is 2.16. The summed E-state index contributed by atoms with van der Waals surface area (Å²) in [6.07, 6.45) is 0. The van der Waals surface area contributed by atoms with Crippen LogP contribution in [0.5, 0.6) is 0 Å². The van der Waals surface area contributed by atoms with Crippen LogP contribution in [0.15, 0.2) is 54.6 Å². The lowest BCUT2D eigenvalue weighted by Gasteiger charge is -2.19. The maximum Gasteiger partial charge on any atom is 0.262 e. The first kappa shape index (κ1) is 15.8. The molecule has 0 unspecified atom stereocenters. The highest BCUT2D eigenvalue weighted by Crippen LogP contribution is 2.34. The monoisotopic (exact) mass is 344 g/mol. The van der Waals surface area contributed by atoms with Gasteiger partial charge in [-0.05, 0) is 18.2 Å². The molecule has 0 aliphatic carbocycles. The molecule has 1 aromatic heterocycles. The van der Waals surface area contributed by atoms with Crippen molar-refractivity contribution in [3.63, 3.8) is 0 Å². The van der Waals surface area contributed by atoms with E-state index in [-0.39, 0.29) is 5.91 Å². The van der Waals surface area contributed by atoms with E-state index < -0.39 is 0 Å². The number of nitrogens with one attached hydrogen (secondary N) is 1. The molecule has 3 aromatic rings. The van der Waals surface area contributed by atoms with E-state index in [4.69, 9.17) is 11.6 Å². The maximum atomic E-state index is 12.3. The second-order valence-corrected chi connectivity index (χ2v) is 6.68. The van der Waals surface area contributed by atoms with Gasteiger partial charge in [-0.1, -0.05) is 48.0 Å². The number of carbonyl (C=O) groups excluding carboxylic acids is 1. The second kappa shape index (κ2) is 7.02. The standard InChI is InChI=1S/C18H17ClN2OS/c1-21(13-7-3-2-4-8-13)12-11-20-18(22)17-16(19)14-9-5-6-10-15(14)23-17/h2-10H,11-12H2,1H3,(H,20,22). The molecule has 3 rings (SSSR count). The van der Waals surface area contributed by atoms with Crippen LogP contribution in [-0.2, 0) is 0 Å². The summed E-state index contributed by atoms with van der Waals surface area (Å²) in [5.41, 5.74) is 1.13. The van der Waals surface area contributed by atoms with Crippen molar-refractivity contribution in [3.05, 3.63) is 64.5 Å². The van der Waals surface area contributed by atoms with Gasteiger partial charge in [0.25, 0.3) is 5.91 Å². The number of fused-ring (bicyclic) bond motifs is 1. The van der Waals surface area contributed by atoms with Crippen molar-refractivity contribution in [1.29, 1.82) is 0 Å². The molecule has 0 saturated carbocycles. The summed E-state index contributed by atoms with van der Waals surface area (Å²) in [4.78, 5) is 15.0. The molecule has 118 valence electrons. The molecule has 5 heteroatoms. The van der Waals surface area contributed by atoms with E-state index in [9.17, 15) is 4.79 Å². The average Bonchev–Trinajstić information content (AvgIpc) is 2.93. The molecule has 2 aromatic carbocycles.